The fourth-order valence-corrected chi connectivity index (χ4v) is 2.99. The second-order valence-electron chi connectivity index (χ2n) is 6.29. The normalized spacial score (nSPS) is 22.1. The monoisotopic (exact) mass is 291 g/mol. The van der Waals surface area contributed by atoms with Gasteiger partial charge in [0.15, 0.2) is 0 Å². The molecule has 0 aromatic heterocycles. The van der Waals surface area contributed by atoms with Crippen molar-refractivity contribution in [1.29, 1.82) is 0 Å². The smallest absolute Gasteiger partial charge is 0.254 e. The van der Waals surface area contributed by atoms with Gasteiger partial charge in [-0.1, -0.05) is 6.07 Å². The first-order valence-corrected chi connectivity index (χ1v) is 7.30. The zero-order valence-corrected chi connectivity index (χ0v) is 13.3. The number of likely N-dealkylation sites (N-methyl/N-ethyl adjacent to an activating group) is 1. The standard InChI is InChI=1S/C16H25N3O2/c1-10-5-11(2)15(17)7-14(10)16(21)19-9-13(20)6-12(19)8-18(3)4/h5,7,12-13,20H,6,8-9,17H2,1-4H3. The minimum absolute atomic E-state index is 0.0393. The quantitative estimate of drug-likeness (QED) is 0.816. The molecule has 1 aromatic carbocycles. The van der Waals surface area contributed by atoms with E-state index in [1.807, 2.05) is 38.9 Å². The minimum Gasteiger partial charge on any atom is -0.398 e. The highest BCUT2D eigenvalue weighted by Crippen LogP contribution is 2.25. The highest BCUT2D eigenvalue weighted by molar-refractivity contribution is 5.97. The van der Waals surface area contributed by atoms with Crippen LogP contribution in [0.15, 0.2) is 12.1 Å². The molecule has 5 heteroatoms. The number of hydrogen-bond donors (Lipinski definition) is 2. The molecule has 2 atom stereocenters. The third kappa shape index (κ3) is 3.36. The number of nitrogens with two attached hydrogens (primary N) is 1. The van der Waals surface area contributed by atoms with Gasteiger partial charge in [-0.15, -0.1) is 0 Å². The Hall–Kier alpha value is -1.59. The molecule has 1 aromatic rings. The van der Waals surface area contributed by atoms with Crippen molar-refractivity contribution in [2.45, 2.75) is 32.4 Å². The zero-order valence-electron chi connectivity index (χ0n) is 13.3. The van der Waals surface area contributed by atoms with Crippen LogP contribution in [-0.2, 0) is 0 Å². The van der Waals surface area contributed by atoms with Gasteiger partial charge >= 0.3 is 0 Å². The van der Waals surface area contributed by atoms with Crippen LogP contribution in [0, 0.1) is 13.8 Å². The number of aryl methyl sites for hydroxylation is 2. The van der Waals surface area contributed by atoms with E-state index in [1.54, 1.807) is 11.0 Å². The van der Waals surface area contributed by atoms with Crippen LogP contribution >= 0.6 is 0 Å². The summed E-state index contributed by atoms with van der Waals surface area (Å²) in [7, 11) is 3.95. The van der Waals surface area contributed by atoms with Crippen LogP contribution in [0.25, 0.3) is 0 Å². The first-order chi connectivity index (χ1) is 9.79. The Kier molecular flexibility index (Phi) is 4.54. The number of anilines is 1. The summed E-state index contributed by atoms with van der Waals surface area (Å²) in [5, 5.41) is 9.91. The first kappa shape index (κ1) is 15.8. The second kappa shape index (κ2) is 6.03. The Morgan fingerprint density at radius 1 is 1.38 bits per heavy atom. The third-order valence-electron chi connectivity index (χ3n) is 4.07. The van der Waals surface area contributed by atoms with E-state index in [0.717, 1.165) is 17.7 Å². The summed E-state index contributed by atoms with van der Waals surface area (Å²) >= 11 is 0. The lowest BCUT2D eigenvalue weighted by molar-refractivity contribution is 0.0698. The van der Waals surface area contributed by atoms with E-state index in [0.29, 0.717) is 24.2 Å². The molecule has 2 unspecified atom stereocenters. The SMILES string of the molecule is Cc1cc(C)c(C(=O)N2CC(O)CC2CN(C)C)cc1N. The molecule has 1 aliphatic heterocycles. The van der Waals surface area contributed by atoms with Crippen molar-refractivity contribution in [3.8, 4) is 0 Å². The highest BCUT2D eigenvalue weighted by Gasteiger charge is 2.35. The van der Waals surface area contributed by atoms with Crippen LogP contribution in [0.2, 0.25) is 0 Å². The van der Waals surface area contributed by atoms with E-state index in [-0.39, 0.29) is 11.9 Å². The van der Waals surface area contributed by atoms with Gasteiger partial charge in [-0.05, 0) is 51.6 Å². The lowest BCUT2D eigenvalue weighted by Crippen LogP contribution is -2.41. The molecule has 0 saturated carbocycles. The Morgan fingerprint density at radius 2 is 2.05 bits per heavy atom. The van der Waals surface area contributed by atoms with Crippen LogP contribution in [0.4, 0.5) is 5.69 Å². The number of aliphatic hydroxyl groups is 1. The first-order valence-electron chi connectivity index (χ1n) is 7.30. The van der Waals surface area contributed by atoms with Crippen molar-refractivity contribution in [3.63, 3.8) is 0 Å². The summed E-state index contributed by atoms with van der Waals surface area (Å²) in [6.07, 6.45) is 0.187. The van der Waals surface area contributed by atoms with Gasteiger partial charge in [0, 0.05) is 30.4 Å². The van der Waals surface area contributed by atoms with Gasteiger partial charge in [-0.3, -0.25) is 4.79 Å². The number of hydrogen-bond acceptors (Lipinski definition) is 4. The number of carbonyl (C=O) groups is 1. The summed E-state index contributed by atoms with van der Waals surface area (Å²) in [6, 6.07) is 3.74. The average Bonchev–Trinajstić information content (AvgIpc) is 2.73. The molecule has 3 N–H and O–H groups in total. The van der Waals surface area contributed by atoms with Gasteiger partial charge in [0.25, 0.3) is 5.91 Å². The topological polar surface area (TPSA) is 69.8 Å². The van der Waals surface area contributed by atoms with Crippen molar-refractivity contribution in [2.75, 3.05) is 32.9 Å². The summed E-state index contributed by atoms with van der Waals surface area (Å²) in [5.74, 6) is -0.0393. The zero-order chi connectivity index (χ0) is 15.7. The van der Waals surface area contributed by atoms with E-state index >= 15 is 0 Å². The molecule has 0 bridgehead atoms. The molecule has 1 aliphatic rings. The van der Waals surface area contributed by atoms with Gasteiger partial charge < -0.3 is 20.6 Å². The molecule has 116 valence electrons. The van der Waals surface area contributed by atoms with Crippen molar-refractivity contribution >= 4 is 11.6 Å². The van der Waals surface area contributed by atoms with Crippen molar-refractivity contribution in [3.05, 3.63) is 28.8 Å². The summed E-state index contributed by atoms with van der Waals surface area (Å²) in [6.45, 7) is 5.01. The molecule has 0 radical (unpaired) electrons. The summed E-state index contributed by atoms with van der Waals surface area (Å²) in [4.78, 5) is 16.6. The number of β-amino-alcohol motifs (C(OH)–C–C–N with tert-alkyl or cyclic N) is 1. The third-order valence-corrected chi connectivity index (χ3v) is 4.07. The predicted molar refractivity (Wildman–Crippen MR) is 84.3 cm³/mol. The minimum atomic E-state index is -0.443. The van der Waals surface area contributed by atoms with Crippen LogP contribution < -0.4 is 5.73 Å². The Labute approximate surface area is 126 Å². The van der Waals surface area contributed by atoms with Gasteiger partial charge in [0.05, 0.1) is 6.10 Å². The molecule has 0 aliphatic carbocycles. The van der Waals surface area contributed by atoms with Crippen LogP contribution in [0.1, 0.15) is 27.9 Å². The molecule has 1 heterocycles. The second-order valence-corrected chi connectivity index (χ2v) is 6.29. The number of aliphatic hydroxyl groups excluding tert-OH is 1. The number of nitrogens with zero attached hydrogens (tertiary/aromatic N) is 2. The summed E-state index contributed by atoms with van der Waals surface area (Å²) < 4.78 is 0. The maximum absolute atomic E-state index is 12.8. The van der Waals surface area contributed by atoms with Gasteiger partial charge in [0.1, 0.15) is 0 Å². The van der Waals surface area contributed by atoms with Crippen LogP contribution in [0.5, 0.6) is 0 Å². The molecule has 0 spiro atoms. The molecule has 1 amide bonds. The fourth-order valence-electron chi connectivity index (χ4n) is 2.99. The Balaban J connectivity index is 2.28. The molecule has 5 nitrogen and oxygen atoms in total. The van der Waals surface area contributed by atoms with Gasteiger partial charge in [-0.2, -0.15) is 0 Å². The fraction of sp³-hybridized carbons (Fsp3) is 0.562. The predicted octanol–water partition coefficient (Wildman–Crippen LogP) is 1.02. The maximum atomic E-state index is 12.8. The lowest BCUT2D eigenvalue weighted by Gasteiger charge is -2.27. The molecule has 2 rings (SSSR count). The lowest BCUT2D eigenvalue weighted by atomic mass is 10.0. The molecule has 1 saturated heterocycles. The number of benzene rings is 1. The number of carbonyl (C=O) groups excluding carboxylic acids is 1. The summed E-state index contributed by atoms with van der Waals surface area (Å²) in [5.41, 5.74) is 9.12. The van der Waals surface area contributed by atoms with Crippen LogP contribution in [0.3, 0.4) is 0 Å². The van der Waals surface area contributed by atoms with Crippen molar-refractivity contribution in [1.82, 2.24) is 9.80 Å². The Bertz CT molecular complexity index is 543. The van der Waals surface area contributed by atoms with E-state index in [1.165, 1.54) is 0 Å². The average molecular weight is 291 g/mol. The van der Waals surface area contributed by atoms with Gasteiger partial charge in [0.2, 0.25) is 0 Å². The number of nitrogen functional groups attached to an aromatic ring is 1. The molecule has 21 heavy (non-hydrogen) atoms. The number of rotatable bonds is 3. The van der Waals surface area contributed by atoms with Crippen LogP contribution in [-0.4, -0.2) is 60.1 Å². The Morgan fingerprint density at radius 3 is 2.67 bits per heavy atom. The van der Waals surface area contributed by atoms with Gasteiger partial charge in [-0.25, -0.2) is 0 Å². The van der Waals surface area contributed by atoms with E-state index in [2.05, 4.69) is 0 Å². The van der Waals surface area contributed by atoms with E-state index in [4.69, 9.17) is 5.73 Å². The number of likely N-dealkylation sites (tertiary alicyclic amines) is 1. The van der Waals surface area contributed by atoms with E-state index < -0.39 is 6.10 Å². The highest BCUT2D eigenvalue weighted by atomic mass is 16.3. The maximum Gasteiger partial charge on any atom is 0.254 e. The largest absolute Gasteiger partial charge is 0.398 e. The van der Waals surface area contributed by atoms with Crippen molar-refractivity contribution < 1.29 is 9.90 Å². The number of amides is 1. The van der Waals surface area contributed by atoms with E-state index in [9.17, 15) is 9.90 Å². The molecular formula is C16H25N3O2. The molecule has 1 fully saturated rings. The van der Waals surface area contributed by atoms with Crippen molar-refractivity contribution in [2.24, 2.45) is 0 Å². The molecular weight excluding hydrogens is 266 g/mol.